The van der Waals surface area contributed by atoms with E-state index in [1.54, 1.807) is 0 Å². The third-order valence-electron chi connectivity index (χ3n) is 3.33. The fraction of sp³-hybridized carbons (Fsp3) is 0.538. The molecule has 0 saturated heterocycles. The predicted octanol–water partition coefficient (Wildman–Crippen LogP) is 1.93. The van der Waals surface area contributed by atoms with Gasteiger partial charge in [-0.1, -0.05) is 12.1 Å². The lowest BCUT2D eigenvalue weighted by atomic mass is 10.1. The molecule has 0 amide bonds. The topological polar surface area (TPSA) is 64.1 Å². The van der Waals surface area contributed by atoms with Gasteiger partial charge in [-0.3, -0.25) is 0 Å². The molecule has 3 rings (SSSR count). The maximum absolute atomic E-state index is 10.0. The zero-order valence-corrected chi connectivity index (χ0v) is 10.4. The molecule has 0 spiro atoms. The second-order valence-corrected chi connectivity index (χ2v) is 4.86. The minimum Gasteiger partial charge on any atom is -0.388 e. The van der Waals surface area contributed by atoms with Gasteiger partial charge >= 0.3 is 0 Å². The van der Waals surface area contributed by atoms with Crippen LogP contribution in [-0.4, -0.2) is 19.8 Å². The van der Waals surface area contributed by atoms with Crippen LogP contribution in [-0.2, 0) is 13.0 Å². The Labute approximate surface area is 105 Å². The van der Waals surface area contributed by atoms with Crippen molar-refractivity contribution >= 4 is 0 Å². The van der Waals surface area contributed by atoms with Gasteiger partial charge in [0.1, 0.15) is 6.54 Å². The van der Waals surface area contributed by atoms with E-state index >= 15 is 0 Å². The summed E-state index contributed by atoms with van der Waals surface area (Å²) >= 11 is 0. The number of hydrogen-bond acceptors (Lipinski definition) is 4. The van der Waals surface area contributed by atoms with Crippen LogP contribution in [0.4, 0.5) is 0 Å². The predicted molar refractivity (Wildman–Crippen MR) is 64.9 cm³/mol. The van der Waals surface area contributed by atoms with E-state index < -0.39 is 0 Å². The molecule has 0 radical (unpaired) electrons. The van der Waals surface area contributed by atoms with Crippen molar-refractivity contribution in [1.82, 2.24) is 14.7 Å². The highest BCUT2D eigenvalue weighted by atomic mass is 16.5. The summed E-state index contributed by atoms with van der Waals surface area (Å²) < 4.78 is 7.11. The first-order valence-electron chi connectivity index (χ1n) is 6.41. The molecule has 0 aromatic carbocycles. The van der Waals surface area contributed by atoms with Gasteiger partial charge in [-0.2, -0.15) is 4.98 Å². The second-order valence-electron chi connectivity index (χ2n) is 4.86. The second kappa shape index (κ2) is 4.57. The van der Waals surface area contributed by atoms with E-state index in [0.29, 0.717) is 18.4 Å². The summed E-state index contributed by atoms with van der Waals surface area (Å²) in [6, 6.07) is 1.96. The molecule has 1 saturated carbocycles. The lowest BCUT2D eigenvalue weighted by Gasteiger charge is -2.05. The Hall–Kier alpha value is -1.62. The standard InChI is InChI=1S/C13H17N3O2/c1-2-11-14-12(18-15-11)8-16-6-5-10(7-16)13(17)9-3-4-9/h5-7,9,13,17H,2-4,8H2,1H3. The minimum absolute atomic E-state index is 0.319. The van der Waals surface area contributed by atoms with Crippen molar-refractivity contribution in [1.29, 1.82) is 0 Å². The normalized spacial score (nSPS) is 17.0. The van der Waals surface area contributed by atoms with E-state index in [4.69, 9.17) is 4.52 Å². The molecule has 2 aromatic heterocycles. The van der Waals surface area contributed by atoms with Crippen molar-refractivity contribution in [3.8, 4) is 0 Å². The highest BCUT2D eigenvalue weighted by Gasteiger charge is 2.31. The fourth-order valence-electron chi connectivity index (χ4n) is 2.07. The molecule has 2 heterocycles. The molecule has 18 heavy (non-hydrogen) atoms. The fourth-order valence-corrected chi connectivity index (χ4v) is 2.07. The van der Waals surface area contributed by atoms with Gasteiger partial charge in [0.15, 0.2) is 5.82 Å². The van der Waals surface area contributed by atoms with Crippen LogP contribution in [0.2, 0.25) is 0 Å². The number of aliphatic hydroxyl groups is 1. The van der Waals surface area contributed by atoms with Gasteiger partial charge in [0, 0.05) is 18.8 Å². The van der Waals surface area contributed by atoms with Crippen LogP contribution in [0.3, 0.4) is 0 Å². The van der Waals surface area contributed by atoms with Crippen LogP contribution in [0.15, 0.2) is 23.0 Å². The molecular formula is C13H17N3O2. The maximum Gasteiger partial charge on any atom is 0.246 e. The van der Waals surface area contributed by atoms with Gasteiger partial charge in [-0.25, -0.2) is 0 Å². The maximum atomic E-state index is 10.0. The average molecular weight is 247 g/mol. The van der Waals surface area contributed by atoms with Crippen molar-refractivity contribution in [2.75, 3.05) is 0 Å². The third-order valence-corrected chi connectivity index (χ3v) is 3.33. The van der Waals surface area contributed by atoms with Gasteiger partial charge in [0.2, 0.25) is 5.89 Å². The molecule has 1 N–H and O–H groups in total. The molecule has 2 aromatic rings. The number of nitrogens with zero attached hydrogens (tertiary/aromatic N) is 3. The van der Waals surface area contributed by atoms with Crippen LogP contribution in [0.1, 0.15) is 43.1 Å². The highest BCUT2D eigenvalue weighted by molar-refractivity contribution is 5.16. The van der Waals surface area contributed by atoms with Crippen LogP contribution in [0.5, 0.6) is 0 Å². The van der Waals surface area contributed by atoms with Crippen LogP contribution in [0.25, 0.3) is 0 Å². The molecule has 1 unspecified atom stereocenters. The van der Waals surface area contributed by atoms with Crippen molar-refractivity contribution in [2.45, 2.75) is 38.8 Å². The molecule has 5 heteroatoms. The van der Waals surface area contributed by atoms with E-state index in [0.717, 1.165) is 30.7 Å². The lowest BCUT2D eigenvalue weighted by Crippen LogP contribution is -2.00. The summed E-state index contributed by atoms with van der Waals surface area (Å²) in [7, 11) is 0. The first-order chi connectivity index (χ1) is 8.76. The molecule has 96 valence electrons. The zero-order chi connectivity index (χ0) is 12.5. The van der Waals surface area contributed by atoms with Gasteiger partial charge in [-0.05, 0) is 30.4 Å². The smallest absolute Gasteiger partial charge is 0.246 e. The summed E-state index contributed by atoms with van der Waals surface area (Å²) in [5, 5.41) is 13.9. The molecule has 1 fully saturated rings. The number of aromatic nitrogens is 3. The van der Waals surface area contributed by atoms with Crippen molar-refractivity contribution < 1.29 is 9.63 Å². The molecule has 1 aliphatic rings. The Morgan fingerprint density at radius 1 is 1.56 bits per heavy atom. The summed E-state index contributed by atoms with van der Waals surface area (Å²) in [4.78, 5) is 4.26. The molecule has 0 bridgehead atoms. The van der Waals surface area contributed by atoms with Gasteiger partial charge in [0.25, 0.3) is 0 Å². The first-order valence-corrected chi connectivity index (χ1v) is 6.41. The van der Waals surface area contributed by atoms with Crippen molar-refractivity contribution in [2.24, 2.45) is 5.92 Å². The molecule has 0 aliphatic heterocycles. The Kier molecular flexibility index (Phi) is 2.91. The largest absolute Gasteiger partial charge is 0.388 e. The minimum atomic E-state index is -0.319. The van der Waals surface area contributed by atoms with E-state index in [-0.39, 0.29) is 6.10 Å². The van der Waals surface area contributed by atoms with Crippen LogP contribution in [0, 0.1) is 5.92 Å². The Morgan fingerprint density at radius 3 is 3.06 bits per heavy atom. The van der Waals surface area contributed by atoms with Gasteiger partial charge in [-0.15, -0.1) is 0 Å². The monoisotopic (exact) mass is 247 g/mol. The number of hydrogen-bond donors (Lipinski definition) is 1. The van der Waals surface area contributed by atoms with Gasteiger partial charge in [0.05, 0.1) is 6.10 Å². The first kappa shape index (κ1) is 11.5. The average Bonchev–Trinajstić information content (AvgIpc) is 2.96. The Bertz CT molecular complexity index is 528. The summed E-state index contributed by atoms with van der Waals surface area (Å²) in [5.74, 6) is 1.79. The molecular weight excluding hydrogens is 230 g/mol. The van der Waals surface area contributed by atoms with Crippen molar-refractivity contribution in [3.05, 3.63) is 35.7 Å². The number of rotatable bonds is 5. The zero-order valence-electron chi connectivity index (χ0n) is 10.4. The molecule has 1 aliphatic carbocycles. The van der Waals surface area contributed by atoms with Crippen LogP contribution < -0.4 is 0 Å². The van der Waals surface area contributed by atoms with Crippen LogP contribution >= 0.6 is 0 Å². The summed E-state index contributed by atoms with van der Waals surface area (Å²) in [6.45, 7) is 2.55. The van der Waals surface area contributed by atoms with E-state index in [1.165, 1.54) is 0 Å². The van der Waals surface area contributed by atoms with E-state index in [9.17, 15) is 5.11 Å². The number of aryl methyl sites for hydroxylation is 1. The van der Waals surface area contributed by atoms with E-state index in [1.807, 2.05) is 30.0 Å². The Balaban J connectivity index is 1.69. The van der Waals surface area contributed by atoms with Gasteiger partial charge < -0.3 is 14.2 Å². The highest BCUT2D eigenvalue weighted by Crippen LogP contribution is 2.40. The lowest BCUT2D eigenvalue weighted by molar-refractivity contribution is 0.154. The number of aliphatic hydroxyl groups excluding tert-OH is 1. The van der Waals surface area contributed by atoms with E-state index in [2.05, 4.69) is 10.1 Å². The third kappa shape index (κ3) is 2.31. The SMILES string of the molecule is CCc1noc(Cn2ccc(C(O)C3CC3)c2)n1. The summed E-state index contributed by atoms with van der Waals surface area (Å²) in [5.41, 5.74) is 0.979. The molecule has 5 nitrogen and oxygen atoms in total. The quantitative estimate of drug-likeness (QED) is 0.876. The Morgan fingerprint density at radius 2 is 2.39 bits per heavy atom. The van der Waals surface area contributed by atoms with Crippen molar-refractivity contribution in [3.63, 3.8) is 0 Å². The molecule has 1 atom stereocenters. The summed E-state index contributed by atoms with van der Waals surface area (Å²) in [6.07, 6.45) is 6.63.